The first-order valence-corrected chi connectivity index (χ1v) is 13.8. The van der Waals surface area contributed by atoms with Crippen LogP contribution in [0.3, 0.4) is 0 Å². The summed E-state index contributed by atoms with van der Waals surface area (Å²) in [5, 5.41) is 13.5. The number of piperidine rings is 1. The van der Waals surface area contributed by atoms with Crippen LogP contribution in [-0.2, 0) is 9.53 Å². The van der Waals surface area contributed by atoms with Crippen molar-refractivity contribution >= 4 is 29.0 Å². The predicted octanol–water partition coefficient (Wildman–Crippen LogP) is 2.27. The van der Waals surface area contributed by atoms with Crippen LogP contribution in [0.15, 0.2) is 24.5 Å². The molecule has 1 aliphatic carbocycles. The smallest absolute Gasteiger partial charge is 0.410 e. The van der Waals surface area contributed by atoms with E-state index in [-0.39, 0.29) is 41.7 Å². The Hall–Kier alpha value is -4.35. The number of likely N-dealkylation sites (tertiary alicyclic amines) is 1. The molecule has 14 heteroatoms. The van der Waals surface area contributed by atoms with E-state index in [4.69, 9.17) is 15.2 Å². The number of halogens is 2. The van der Waals surface area contributed by atoms with Gasteiger partial charge in [0.15, 0.2) is 29.3 Å². The molecule has 12 nitrogen and oxygen atoms in total. The Morgan fingerprint density at radius 3 is 2.69 bits per heavy atom. The van der Waals surface area contributed by atoms with E-state index in [0.29, 0.717) is 43.5 Å². The number of benzene rings is 1. The quantitative estimate of drug-likeness (QED) is 0.385. The van der Waals surface area contributed by atoms with Crippen LogP contribution in [0, 0.1) is 29.4 Å². The van der Waals surface area contributed by atoms with Crippen molar-refractivity contribution in [2.24, 2.45) is 5.92 Å². The number of nitrogens with two attached hydrogens (primary N) is 1. The molecular weight excluding hydrogens is 552 g/mol. The molecule has 3 aromatic rings. The van der Waals surface area contributed by atoms with Crippen LogP contribution in [0.2, 0.25) is 0 Å². The molecule has 3 fully saturated rings. The van der Waals surface area contributed by atoms with Crippen molar-refractivity contribution in [3.05, 3.63) is 42.0 Å². The average Bonchev–Trinajstić information content (AvgIpc) is 3.54. The number of rotatable bonds is 5. The Morgan fingerprint density at radius 2 is 1.95 bits per heavy atom. The number of nitrogens with one attached hydrogen (secondary N) is 1. The summed E-state index contributed by atoms with van der Waals surface area (Å²) in [5.41, 5.74) is 6.80. The summed E-state index contributed by atoms with van der Waals surface area (Å²) in [6.45, 7) is 0.875. The summed E-state index contributed by atoms with van der Waals surface area (Å²) in [6, 6.07) is 3.13. The normalized spacial score (nSPS) is 22.5. The summed E-state index contributed by atoms with van der Waals surface area (Å²) >= 11 is 0. The second kappa shape index (κ2) is 11.5. The van der Waals surface area contributed by atoms with Crippen LogP contribution in [0.4, 0.5) is 19.4 Å². The van der Waals surface area contributed by atoms with Gasteiger partial charge in [-0.15, -0.1) is 0 Å². The zero-order chi connectivity index (χ0) is 29.4. The molecule has 1 saturated carbocycles. The van der Waals surface area contributed by atoms with Crippen molar-refractivity contribution in [3.63, 3.8) is 0 Å². The summed E-state index contributed by atoms with van der Waals surface area (Å²) in [5.74, 6) is 4.17. The highest BCUT2D eigenvalue weighted by Crippen LogP contribution is 2.32. The predicted molar refractivity (Wildman–Crippen MR) is 144 cm³/mol. The minimum absolute atomic E-state index is 0.0580. The Morgan fingerprint density at radius 1 is 1.17 bits per heavy atom. The van der Waals surface area contributed by atoms with Gasteiger partial charge in [-0.3, -0.25) is 9.36 Å². The van der Waals surface area contributed by atoms with Gasteiger partial charge in [0.25, 0.3) is 0 Å². The highest BCUT2D eigenvalue weighted by Gasteiger charge is 2.41. The number of anilines is 1. The number of carbonyl (C=O) groups is 2. The molecule has 3 atom stereocenters. The molecule has 1 aromatic carbocycles. The number of aromatic nitrogens is 4. The van der Waals surface area contributed by atoms with Crippen LogP contribution in [0.5, 0.6) is 5.75 Å². The van der Waals surface area contributed by atoms with Crippen molar-refractivity contribution < 1.29 is 33.0 Å². The van der Waals surface area contributed by atoms with Crippen molar-refractivity contribution in [3.8, 4) is 17.6 Å². The van der Waals surface area contributed by atoms with Crippen molar-refractivity contribution in [1.29, 1.82) is 0 Å². The number of amides is 2. The summed E-state index contributed by atoms with van der Waals surface area (Å²) in [4.78, 5) is 39.4. The molecule has 0 radical (unpaired) electrons. The van der Waals surface area contributed by atoms with E-state index >= 15 is 0 Å². The molecule has 0 bridgehead atoms. The third kappa shape index (κ3) is 5.97. The number of hydrogen-bond donors (Lipinski definition) is 3. The first-order chi connectivity index (χ1) is 20.2. The fourth-order valence-electron chi connectivity index (χ4n) is 5.07. The third-order valence-corrected chi connectivity index (χ3v) is 7.59. The molecular formula is C28H29F2N7O5. The molecule has 2 amide bonds. The molecule has 2 aromatic heterocycles. The zero-order valence-electron chi connectivity index (χ0n) is 22.5. The molecule has 2 aliphatic heterocycles. The maximum Gasteiger partial charge on any atom is 0.415 e. The maximum absolute atomic E-state index is 13.4. The minimum Gasteiger partial charge on any atom is -0.410 e. The number of carbonyl (C=O) groups excluding carboxylic acids is 2. The van der Waals surface area contributed by atoms with Crippen LogP contribution in [0.25, 0.3) is 11.2 Å². The lowest BCUT2D eigenvalue weighted by molar-refractivity contribution is -0.134. The van der Waals surface area contributed by atoms with E-state index in [2.05, 4.69) is 32.1 Å². The minimum atomic E-state index is -1.08. The van der Waals surface area contributed by atoms with Gasteiger partial charge in [-0.2, -0.15) is 0 Å². The molecule has 6 rings (SSSR count). The highest BCUT2D eigenvalue weighted by molar-refractivity contribution is 5.83. The lowest BCUT2D eigenvalue weighted by Crippen LogP contribution is -2.40. The van der Waals surface area contributed by atoms with E-state index in [1.165, 1.54) is 17.3 Å². The second-order valence-corrected chi connectivity index (χ2v) is 10.7. The maximum atomic E-state index is 13.4. The van der Waals surface area contributed by atoms with E-state index in [1.54, 1.807) is 4.57 Å². The third-order valence-electron chi connectivity index (χ3n) is 7.59. The Bertz CT molecular complexity index is 1580. The van der Waals surface area contributed by atoms with E-state index in [9.17, 15) is 23.5 Å². The van der Waals surface area contributed by atoms with Crippen LogP contribution in [-0.4, -0.2) is 72.9 Å². The van der Waals surface area contributed by atoms with Crippen LogP contribution >= 0.6 is 0 Å². The first-order valence-electron chi connectivity index (χ1n) is 13.8. The Labute approximate surface area is 239 Å². The Kier molecular flexibility index (Phi) is 7.61. The van der Waals surface area contributed by atoms with Gasteiger partial charge in [-0.05, 0) is 49.7 Å². The Balaban J connectivity index is 1.06. The first kappa shape index (κ1) is 27.8. The van der Waals surface area contributed by atoms with Gasteiger partial charge in [0.2, 0.25) is 11.7 Å². The van der Waals surface area contributed by atoms with E-state index < -0.39 is 36.2 Å². The molecule has 42 heavy (non-hydrogen) atoms. The summed E-state index contributed by atoms with van der Waals surface area (Å²) in [7, 11) is 0. The number of aliphatic hydroxyl groups excluding tert-OH is 1. The molecule has 220 valence electrons. The fraction of sp³-hybridized carbons (Fsp3) is 0.464. The second-order valence-electron chi connectivity index (χ2n) is 10.7. The van der Waals surface area contributed by atoms with E-state index in [1.807, 2.05) is 0 Å². The fourth-order valence-corrected chi connectivity index (χ4v) is 5.07. The van der Waals surface area contributed by atoms with Crippen LogP contribution in [0.1, 0.15) is 50.6 Å². The van der Waals surface area contributed by atoms with Gasteiger partial charge in [-0.1, -0.05) is 5.92 Å². The molecule has 4 heterocycles. The van der Waals surface area contributed by atoms with Gasteiger partial charge >= 0.3 is 6.09 Å². The number of aliphatic hydroxyl groups is 1. The van der Waals surface area contributed by atoms with Gasteiger partial charge in [0.1, 0.15) is 23.5 Å². The lowest BCUT2D eigenvalue weighted by Gasteiger charge is -2.30. The molecule has 4 N–H and O–H groups in total. The molecule has 1 unspecified atom stereocenters. The average molecular weight is 582 g/mol. The highest BCUT2D eigenvalue weighted by atomic mass is 19.2. The topological polar surface area (TPSA) is 158 Å². The molecule has 2 saturated heterocycles. The van der Waals surface area contributed by atoms with Gasteiger partial charge < -0.3 is 30.5 Å². The van der Waals surface area contributed by atoms with Crippen molar-refractivity contribution in [2.75, 3.05) is 18.8 Å². The van der Waals surface area contributed by atoms with Gasteiger partial charge in [-0.25, -0.2) is 28.5 Å². The number of imidazole rings is 1. The monoisotopic (exact) mass is 581 g/mol. The lowest BCUT2D eigenvalue weighted by atomic mass is 9.94. The summed E-state index contributed by atoms with van der Waals surface area (Å²) in [6.07, 6.45) is 2.21. The molecule has 0 spiro atoms. The van der Waals surface area contributed by atoms with Crippen LogP contribution < -0.4 is 15.8 Å². The SMILES string of the molecule is Nc1nc(C#CCC2CCN(C(=O)Oc3ccc(F)c(F)c3)CC2)nc2c1ncn2C1O[C@H](C(=O)NC2CC2)C[C@@H]1O. The van der Waals surface area contributed by atoms with Gasteiger partial charge in [0, 0.05) is 38.0 Å². The standard InChI is InChI=1S/C28H29F2N7O5/c29-18-7-6-17(12-19(18)30)41-28(40)36-10-8-15(9-11-36)2-1-3-22-34-24(31)23-25(35-22)37(14-32-23)27-20(38)13-21(42-27)26(39)33-16-4-5-16/h6-7,12,14-16,20-21,27,38H,2,4-5,8-11,13H2,(H,33,39)(H2,31,34,35)/t20-,21-,27?/m0/s1. The number of nitrogens with zero attached hydrogens (tertiary/aromatic N) is 5. The zero-order valence-corrected chi connectivity index (χ0v) is 22.5. The van der Waals surface area contributed by atoms with Crippen molar-refractivity contribution in [2.45, 2.75) is 63.0 Å². The number of nitrogen functional groups attached to an aromatic ring is 1. The number of hydrogen-bond acceptors (Lipinski definition) is 9. The largest absolute Gasteiger partial charge is 0.415 e. The van der Waals surface area contributed by atoms with Gasteiger partial charge in [0.05, 0.1) is 6.33 Å². The molecule has 3 aliphatic rings. The van der Waals surface area contributed by atoms with E-state index in [0.717, 1.165) is 25.0 Å². The summed E-state index contributed by atoms with van der Waals surface area (Å²) < 4.78 is 39.1. The number of fused-ring (bicyclic) bond motifs is 1. The number of ether oxygens (including phenoxy) is 2. The van der Waals surface area contributed by atoms with Crippen molar-refractivity contribution in [1.82, 2.24) is 29.7 Å².